The Kier molecular flexibility index (Phi) is 5.60. The first kappa shape index (κ1) is 17.3. The zero-order valence-electron chi connectivity index (χ0n) is 12.3. The molecule has 1 aliphatic heterocycles. The van der Waals surface area contributed by atoms with Gasteiger partial charge in [0.15, 0.2) is 5.82 Å². The van der Waals surface area contributed by atoms with E-state index in [4.69, 9.17) is 21.1 Å². The molecule has 2 rings (SSSR count). The van der Waals surface area contributed by atoms with Crippen molar-refractivity contribution in [1.29, 1.82) is 0 Å². The second-order valence-corrected chi connectivity index (χ2v) is 5.36. The summed E-state index contributed by atoms with van der Waals surface area (Å²) in [5.41, 5.74) is 10.7. The number of nitrogens with zero attached hydrogens (tertiary/aromatic N) is 2. The minimum Gasteiger partial charge on any atom is -0.394 e. The third-order valence-corrected chi connectivity index (χ3v) is 3.43. The summed E-state index contributed by atoms with van der Waals surface area (Å²) in [6, 6.07) is -2.32. The average molecular weight is 328 g/mol. The van der Waals surface area contributed by atoms with Gasteiger partial charge in [0.25, 0.3) is 0 Å². The summed E-state index contributed by atoms with van der Waals surface area (Å²) in [6.07, 6.45) is -0.575. The molecule has 1 unspecified atom stereocenters. The fourth-order valence-corrected chi connectivity index (χ4v) is 2.21. The molecular formula is C12H20N6O5. The highest BCUT2D eigenvalue weighted by atomic mass is 16.5. The van der Waals surface area contributed by atoms with Gasteiger partial charge in [-0.15, -0.1) is 0 Å². The van der Waals surface area contributed by atoms with Crippen molar-refractivity contribution in [3.8, 4) is 0 Å². The summed E-state index contributed by atoms with van der Waals surface area (Å²) in [7, 11) is 0. The van der Waals surface area contributed by atoms with Crippen LogP contribution in [0.15, 0.2) is 4.52 Å². The van der Waals surface area contributed by atoms with Gasteiger partial charge in [0.1, 0.15) is 6.04 Å². The first-order valence-electron chi connectivity index (χ1n) is 7.10. The molecule has 0 spiro atoms. The van der Waals surface area contributed by atoms with Gasteiger partial charge in [0, 0.05) is 6.54 Å². The monoisotopic (exact) mass is 328 g/mol. The van der Waals surface area contributed by atoms with Gasteiger partial charge in [0.05, 0.1) is 31.2 Å². The highest BCUT2D eigenvalue weighted by Crippen LogP contribution is 2.18. The normalized spacial score (nSPS) is 23.4. The van der Waals surface area contributed by atoms with E-state index in [0.717, 1.165) is 0 Å². The Morgan fingerprint density at radius 3 is 2.83 bits per heavy atom. The van der Waals surface area contributed by atoms with Crippen LogP contribution in [-0.4, -0.2) is 57.5 Å². The molecule has 1 aliphatic rings. The topological polar surface area (TPSA) is 190 Å². The lowest BCUT2D eigenvalue weighted by molar-refractivity contribution is -0.124. The van der Waals surface area contributed by atoms with E-state index in [1.54, 1.807) is 0 Å². The highest BCUT2D eigenvalue weighted by molar-refractivity contribution is 5.83. The summed E-state index contributed by atoms with van der Waals surface area (Å²) in [5, 5.41) is 27.5. The number of amides is 2. The largest absolute Gasteiger partial charge is 0.394 e. The number of aliphatic hydroxyl groups is 2. The molecule has 1 aromatic rings. The standard InChI is InChI=1S/C12H20N6O5/c13-6(4-19)10-17-12(23-18-10)8(2-9(14)21)16-11(22)7-1-5(20)3-15-7/h5-8,15,19-20H,1-4,13H2,(H2,14,21)(H,16,22)/t5?,6-,7-,8-/m0/s1. The molecule has 1 saturated heterocycles. The quantitative estimate of drug-likeness (QED) is 0.299. The smallest absolute Gasteiger partial charge is 0.249 e. The van der Waals surface area contributed by atoms with Crippen LogP contribution >= 0.6 is 0 Å². The molecular weight excluding hydrogens is 308 g/mol. The maximum Gasteiger partial charge on any atom is 0.249 e. The summed E-state index contributed by atoms with van der Waals surface area (Å²) < 4.78 is 4.99. The van der Waals surface area contributed by atoms with Gasteiger partial charge in [-0.05, 0) is 6.42 Å². The molecule has 8 N–H and O–H groups in total. The van der Waals surface area contributed by atoms with E-state index in [1.165, 1.54) is 0 Å². The van der Waals surface area contributed by atoms with Crippen LogP contribution in [0, 0.1) is 0 Å². The van der Waals surface area contributed by atoms with E-state index in [2.05, 4.69) is 20.8 Å². The van der Waals surface area contributed by atoms with Crippen LogP contribution in [0.25, 0.3) is 0 Å². The van der Waals surface area contributed by atoms with Gasteiger partial charge in [0.2, 0.25) is 17.7 Å². The molecule has 11 nitrogen and oxygen atoms in total. The molecule has 0 bridgehead atoms. The van der Waals surface area contributed by atoms with Crippen LogP contribution in [0.1, 0.15) is 36.6 Å². The Hall–Kier alpha value is -2.08. The van der Waals surface area contributed by atoms with Gasteiger partial charge >= 0.3 is 0 Å². The number of aliphatic hydroxyl groups excluding tert-OH is 2. The maximum atomic E-state index is 12.2. The van der Waals surface area contributed by atoms with E-state index in [0.29, 0.717) is 6.54 Å². The number of β-amino-alcohol motifs (C(OH)–C–C–N with tert-alkyl or cyclic N) is 1. The second-order valence-electron chi connectivity index (χ2n) is 5.36. The Labute approximate surface area is 131 Å². The number of aromatic nitrogens is 2. The number of hydrogen-bond acceptors (Lipinski definition) is 9. The van der Waals surface area contributed by atoms with Crippen LogP contribution in [0.4, 0.5) is 0 Å². The van der Waals surface area contributed by atoms with Crippen molar-refractivity contribution < 1.29 is 24.3 Å². The van der Waals surface area contributed by atoms with Crippen molar-refractivity contribution in [1.82, 2.24) is 20.8 Å². The number of rotatable bonds is 7. The van der Waals surface area contributed by atoms with Crippen LogP contribution in [0.5, 0.6) is 0 Å². The molecule has 23 heavy (non-hydrogen) atoms. The lowest BCUT2D eigenvalue weighted by atomic mass is 10.1. The fraction of sp³-hybridized carbons (Fsp3) is 0.667. The minimum absolute atomic E-state index is 0.0328. The maximum absolute atomic E-state index is 12.2. The van der Waals surface area contributed by atoms with Gasteiger partial charge in [-0.2, -0.15) is 4.98 Å². The number of primary amides is 1. The van der Waals surface area contributed by atoms with Gasteiger partial charge in [-0.25, -0.2) is 0 Å². The van der Waals surface area contributed by atoms with Crippen molar-refractivity contribution in [2.75, 3.05) is 13.2 Å². The number of nitrogens with two attached hydrogens (primary N) is 2. The van der Waals surface area contributed by atoms with Crippen molar-refractivity contribution in [3.63, 3.8) is 0 Å². The first-order valence-corrected chi connectivity index (χ1v) is 7.10. The van der Waals surface area contributed by atoms with Gasteiger partial charge in [-0.3, -0.25) is 9.59 Å². The van der Waals surface area contributed by atoms with E-state index in [9.17, 15) is 14.7 Å². The second kappa shape index (κ2) is 7.46. The SMILES string of the molecule is NC(=O)C[C@H](NC(=O)[C@@H]1CC(O)CN1)c1nc([C@@H](N)CO)no1. The average Bonchev–Trinajstić information content (AvgIpc) is 3.14. The predicted octanol–water partition coefficient (Wildman–Crippen LogP) is -3.18. The van der Waals surface area contributed by atoms with Crippen LogP contribution in [0.2, 0.25) is 0 Å². The zero-order valence-corrected chi connectivity index (χ0v) is 12.3. The fourth-order valence-electron chi connectivity index (χ4n) is 2.21. The van der Waals surface area contributed by atoms with Crippen molar-refractivity contribution >= 4 is 11.8 Å². The molecule has 0 aromatic carbocycles. The first-order chi connectivity index (χ1) is 10.9. The summed E-state index contributed by atoms with van der Waals surface area (Å²) >= 11 is 0. The van der Waals surface area contributed by atoms with E-state index >= 15 is 0 Å². The van der Waals surface area contributed by atoms with Crippen LogP contribution in [-0.2, 0) is 9.59 Å². The number of nitrogens with one attached hydrogen (secondary N) is 2. The number of carbonyl (C=O) groups excluding carboxylic acids is 2. The molecule has 2 heterocycles. The molecule has 1 fully saturated rings. The molecule has 1 aromatic heterocycles. The molecule has 0 saturated carbocycles. The van der Waals surface area contributed by atoms with Crippen LogP contribution < -0.4 is 22.1 Å². The highest BCUT2D eigenvalue weighted by Gasteiger charge is 2.31. The summed E-state index contributed by atoms with van der Waals surface area (Å²) in [4.78, 5) is 27.3. The Balaban J connectivity index is 2.08. The van der Waals surface area contributed by atoms with Crippen molar-refractivity contribution in [2.45, 2.75) is 37.1 Å². The third-order valence-electron chi connectivity index (χ3n) is 3.43. The molecule has 0 radical (unpaired) electrons. The van der Waals surface area contributed by atoms with Gasteiger partial charge < -0.3 is 36.8 Å². The Bertz CT molecular complexity index is 564. The molecule has 11 heteroatoms. The summed E-state index contributed by atoms with van der Waals surface area (Å²) in [6.45, 7) is -0.0651. The third kappa shape index (κ3) is 4.45. The lowest BCUT2D eigenvalue weighted by Crippen LogP contribution is -2.43. The minimum atomic E-state index is -0.910. The van der Waals surface area contributed by atoms with Crippen LogP contribution in [0.3, 0.4) is 0 Å². The molecule has 4 atom stereocenters. The van der Waals surface area contributed by atoms with Crippen molar-refractivity contribution in [2.24, 2.45) is 11.5 Å². The predicted molar refractivity (Wildman–Crippen MR) is 75.4 cm³/mol. The molecule has 128 valence electrons. The summed E-state index contributed by atoms with van der Waals surface area (Å²) in [5.74, 6) is -1.06. The number of carbonyl (C=O) groups is 2. The Morgan fingerprint density at radius 2 is 2.26 bits per heavy atom. The van der Waals surface area contributed by atoms with E-state index in [-0.39, 0.29) is 31.2 Å². The zero-order chi connectivity index (χ0) is 17.0. The van der Waals surface area contributed by atoms with Crippen molar-refractivity contribution in [3.05, 3.63) is 11.7 Å². The number of hydrogen-bond donors (Lipinski definition) is 6. The van der Waals surface area contributed by atoms with E-state index < -0.39 is 36.0 Å². The molecule has 0 aliphatic carbocycles. The molecule has 2 amide bonds. The van der Waals surface area contributed by atoms with E-state index in [1.807, 2.05) is 0 Å². The Morgan fingerprint density at radius 1 is 1.52 bits per heavy atom. The lowest BCUT2D eigenvalue weighted by Gasteiger charge is -2.16. The van der Waals surface area contributed by atoms with Gasteiger partial charge in [-0.1, -0.05) is 5.16 Å².